The normalized spacial score (nSPS) is 24.4. The molecule has 2 aliphatic rings. The third-order valence-electron chi connectivity index (χ3n) is 4.57. The summed E-state index contributed by atoms with van der Waals surface area (Å²) < 4.78 is 0. The van der Waals surface area contributed by atoms with E-state index in [0.717, 1.165) is 24.6 Å². The van der Waals surface area contributed by atoms with Gasteiger partial charge < -0.3 is 15.1 Å². The molecule has 4 heteroatoms. The number of rotatable bonds is 2. The lowest BCUT2D eigenvalue weighted by Gasteiger charge is -2.37. The summed E-state index contributed by atoms with van der Waals surface area (Å²) in [6.45, 7) is 8.89. The Hall–Kier alpha value is -1.39. The fraction of sp³-hybridized carbons (Fsp3) is 0.471. The minimum absolute atomic E-state index is 0.489. The highest BCUT2D eigenvalue weighted by molar-refractivity contribution is 7.80. The van der Waals surface area contributed by atoms with Crippen molar-refractivity contribution in [2.24, 2.45) is 0 Å². The van der Waals surface area contributed by atoms with Gasteiger partial charge >= 0.3 is 0 Å². The van der Waals surface area contributed by atoms with Crippen LogP contribution in [0.2, 0.25) is 0 Å². The average Bonchev–Trinajstić information content (AvgIpc) is 2.78. The molecule has 0 amide bonds. The number of benzene rings is 1. The molecular formula is C17H23N3S. The highest BCUT2D eigenvalue weighted by Gasteiger charge is 2.42. The Morgan fingerprint density at radius 2 is 2.33 bits per heavy atom. The number of hydrogen-bond donors (Lipinski definition) is 1. The molecule has 2 heterocycles. The number of nitrogens with one attached hydrogen (secondary N) is 1. The van der Waals surface area contributed by atoms with Crippen molar-refractivity contribution in [2.45, 2.75) is 25.3 Å². The van der Waals surface area contributed by atoms with Crippen LogP contribution in [0, 0.1) is 6.92 Å². The maximum absolute atomic E-state index is 5.64. The Labute approximate surface area is 132 Å². The van der Waals surface area contributed by atoms with Crippen molar-refractivity contribution >= 4 is 23.0 Å². The highest BCUT2D eigenvalue weighted by Crippen LogP contribution is 2.44. The Balaban J connectivity index is 1.97. The SMILES string of the molecule is C=CCNC(=S)N1c2ccc(C)cc2C2CN(C)CCC21. The molecule has 1 N–H and O–H groups in total. The molecule has 2 aliphatic heterocycles. The molecule has 2 atom stereocenters. The van der Waals surface area contributed by atoms with Gasteiger partial charge in [0.15, 0.2) is 5.11 Å². The predicted octanol–water partition coefficient (Wildman–Crippen LogP) is 2.66. The van der Waals surface area contributed by atoms with Crippen molar-refractivity contribution in [1.82, 2.24) is 10.2 Å². The molecule has 0 saturated carbocycles. The fourth-order valence-corrected chi connectivity index (χ4v) is 3.91. The largest absolute Gasteiger partial charge is 0.359 e. The van der Waals surface area contributed by atoms with Crippen LogP contribution in [-0.2, 0) is 0 Å². The molecule has 1 aromatic rings. The zero-order chi connectivity index (χ0) is 15.0. The van der Waals surface area contributed by atoms with Crippen LogP contribution in [0.15, 0.2) is 30.9 Å². The van der Waals surface area contributed by atoms with Gasteiger partial charge in [-0.3, -0.25) is 0 Å². The van der Waals surface area contributed by atoms with Crippen LogP contribution >= 0.6 is 12.2 Å². The number of nitrogens with zero attached hydrogens (tertiary/aromatic N) is 2. The zero-order valence-corrected chi connectivity index (χ0v) is 13.6. The smallest absolute Gasteiger partial charge is 0.174 e. The second kappa shape index (κ2) is 5.78. The first-order valence-corrected chi connectivity index (χ1v) is 7.99. The van der Waals surface area contributed by atoms with Gasteiger partial charge in [-0.05, 0) is 50.8 Å². The molecular weight excluding hydrogens is 278 g/mol. The third kappa shape index (κ3) is 2.58. The number of fused-ring (bicyclic) bond motifs is 3. The Morgan fingerprint density at radius 1 is 1.52 bits per heavy atom. The van der Waals surface area contributed by atoms with E-state index in [1.54, 1.807) is 0 Å². The molecule has 0 aromatic heterocycles. The molecule has 3 nitrogen and oxygen atoms in total. The van der Waals surface area contributed by atoms with Crippen molar-refractivity contribution < 1.29 is 0 Å². The molecule has 2 unspecified atom stereocenters. The maximum Gasteiger partial charge on any atom is 0.174 e. The molecule has 0 spiro atoms. The Kier molecular flexibility index (Phi) is 4.00. The van der Waals surface area contributed by atoms with Crippen LogP contribution in [0.5, 0.6) is 0 Å². The van der Waals surface area contributed by atoms with Gasteiger partial charge in [-0.2, -0.15) is 0 Å². The molecule has 1 fully saturated rings. The molecule has 0 aliphatic carbocycles. The van der Waals surface area contributed by atoms with Crippen LogP contribution in [0.25, 0.3) is 0 Å². The van der Waals surface area contributed by atoms with Crippen molar-refractivity contribution in [3.63, 3.8) is 0 Å². The van der Waals surface area contributed by atoms with Crippen LogP contribution in [-0.4, -0.2) is 42.7 Å². The van der Waals surface area contributed by atoms with Crippen molar-refractivity contribution in [2.75, 3.05) is 31.6 Å². The Bertz CT molecular complexity index is 569. The number of thiocarbonyl (C=S) groups is 1. The monoisotopic (exact) mass is 301 g/mol. The van der Waals surface area contributed by atoms with Crippen LogP contribution in [0.4, 0.5) is 5.69 Å². The summed E-state index contributed by atoms with van der Waals surface area (Å²) in [4.78, 5) is 4.77. The molecule has 21 heavy (non-hydrogen) atoms. The van der Waals surface area contributed by atoms with Gasteiger partial charge in [-0.15, -0.1) is 6.58 Å². The molecule has 1 saturated heterocycles. The van der Waals surface area contributed by atoms with E-state index < -0.39 is 0 Å². The first-order chi connectivity index (χ1) is 10.1. The van der Waals surface area contributed by atoms with E-state index in [2.05, 4.69) is 53.9 Å². The van der Waals surface area contributed by atoms with Gasteiger partial charge in [0.25, 0.3) is 0 Å². The number of likely N-dealkylation sites (N-methyl/N-ethyl adjacent to an activating group) is 1. The maximum atomic E-state index is 5.64. The van der Waals surface area contributed by atoms with Gasteiger partial charge in [-0.25, -0.2) is 0 Å². The van der Waals surface area contributed by atoms with E-state index in [1.807, 2.05) is 6.08 Å². The summed E-state index contributed by atoms with van der Waals surface area (Å²) in [7, 11) is 2.21. The molecule has 1 aromatic carbocycles. The lowest BCUT2D eigenvalue weighted by Crippen LogP contribution is -2.50. The van der Waals surface area contributed by atoms with E-state index in [-0.39, 0.29) is 0 Å². The highest BCUT2D eigenvalue weighted by atomic mass is 32.1. The van der Waals surface area contributed by atoms with Crippen LogP contribution in [0.1, 0.15) is 23.5 Å². The van der Waals surface area contributed by atoms with Gasteiger partial charge in [0.05, 0.1) is 0 Å². The summed E-state index contributed by atoms with van der Waals surface area (Å²) in [5.41, 5.74) is 4.06. The molecule has 0 bridgehead atoms. The minimum Gasteiger partial charge on any atom is -0.359 e. The number of piperidine rings is 1. The van der Waals surface area contributed by atoms with E-state index in [9.17, 15) is 0 Å². The summed E-state index contributed by atoms with van der Waals surface area (Å²) in [5.74, 6) is 0.558. The predicted molar refractivity (Wildman–Crippen MR) is 93.1 cm³/mol. The second-order valence-electron chi connectivity index (χ2n) is 6.13. The van der Waals surface area contributed by atoms with Crippen molar-refractivity contribution in [1.29, 1.82) is 0 Å². The van der Waals surface area contributed by atoms with E-state index in [0.29, 0.717) is 18.5 Å². The summed E-state index contributed by atoms with van der Waals surface area (Å²) in [6.07, 6.45) is 3.01. The standard InChI is InChI=1S/C17H23N3S/c1-4-8-18-17(21)20-15-6-5-12(2)10-13(15)14-11-19(3)9-7-16(14)20/h4-6,10,14,16H,1,7-9,11H2,2-3H3,(H,18,21). The topological polar surface area (TPSA) is 18.5 Å². The van der Waals surface area contributed by atoms with E-state index >= 15 is 0 Å². The first kappa shape index (κ1) is 14.5. The minimum atomic E-state index is 0.489. The third-order valence-corrected chi connectivity index (χ3v) is 4.91. The van der Waals surface area contributed by atoms with Gasteiger partial charge in [0.2, 0.25) is 0 Å². The fourth-order valence-electron chi connectivity index (χ4n) is 3.59. The van der Waals surface area contributed by atoms with Gasteiger partial charge in [0, 0.05) is 30.7 Å². The summed E-state index contributed by atoms with van der Waals surface area (Å²) in [6, 6.07) is 7.23. The quantitative estimate of drug-likeness (QED) is 0.668. The zero-order valence-electron chi connectivity index (χ0n) is 12.8. The van der Waals surface area contributed by atoms with Crippen molar-refractivity contribution in [3.8, 4) is 0 Å². The van der Waals surface area contributed by atoms with Gasteiger partial charge in [0.1, 0.15) is 0 Å². The molecule has 0 radical (unpaired) electrons. The lowest BCUT2D eigenvalue weighted by atomic mass is 9.89. The number of aryl methyl sites for hydroxylation is 1. The second-order valence-corrected chi connectivity index (χ2v) is 6.52. The average molecular weight is 301 g/mol. The van der Waals surface area contributed by atoms with Crippen LogP contribution in [0.3, 0.4) is 0 Å². The summed E-state index contributed by atoms with van der Waals surface area (Å²) in [5, 5.41) is 4.13. The number of anilines is 1. The summed E-state index contributed by atoms with van der Waals surface area (Å²) >= 11 is 5.64. The molecule has 3 rings (SSSR count). The van der Waals surface area contributed by atoms with E-state index in [4.69, 9.17) is 12.2 Å². The molecule has 112 valence electrons. The lowest BCUT2D eigenvalue weighted by molar-refractivity contribution is 0.237. The van der Waals surface area contributed by atoms with Gasteiger partial charge in [-0.1, -0.05) is 23.8 Å². The first-order valence-electron chi connectivity index (χ1n) is 7.59. The van der Waals surface area contributed by atoms with E-state index in [1.165, 1.54) is 16.8 Å². The number of likely N-dealkylation sites (tertiary alicyclic amines) is 1. The number of hydrogen-bond acceptors (Lipinski definition) is 2. The van der Waals surface area contributed by atoms with Crippen LogP contribution < -0.4 is 10.2 Å². The Morgan fingerprint density at radius 3 is 3.10 bits per heavy atom. The van der Waals surface area contributed by atoms with Crippen molar-refractivity contribution in [3.05, 3.63) is 42.0 Å².